The van der Waals surface area contributed by atoms with Gasteiger partial charge in [0.25, 0.3) is 0 Å². The van der Waals surface area contributed by atoms with Crippen molar-refractivity contribution in [2.45, 2.75) is 110 Å². The van der Waals surface area contributed by atoms with Gasteiger partial charge in [0, 0.05) is 6.42 Å². The van der Waals surface area contributed by atoms with Crippen LogP contribution in [-0.4, -0.2) is 22.2 Å². The van der Waals surface area contributed by atoms with Crippen molar-refractivity contribution in [3.63, 3.8) is 0 Å². The molecular formula is C22H40O4. The zero-order valence-electron chi connectivity index (χ0n) is 17.0. The monoisotopic (exact) mass is 368 g/mol. The molecule has 2 atom stereocenters. The zero-order valence-corrected chi connectivity index (χ0v) is 17.0. The van der Waals surface area contributed by atoms with Gasteiger partial charge in [-0.3, -0.25) is 9.59 Å². The lowest BCUT2D eigenvalue weighted by Crippen LogP contribution is -2.29. The number of hydrogen-bond donors (Lipinski definition) is 2. The maximum atomic E-state index is 11.6. The van der Waals surface area contributed by atoms with Crippen LogP contribution in [0.5, 0.6) is 0 Å². The van der Waals surface area contributed by atoms with Crippen molar-refractivity contribution >= 4 is 11.9 Å². The minimum atomic E-state index is -0.720. The van der Waals surface area contributed by atoms with E-state index in [0.29, 0.717) is 0 Å². The fourth-order valence-corrected chi connectivity index (χ4v) is 4.48. The molecule has 0 radical (unpaired) electrons. The molecule has 0 saturated heterocycles. The fourth-order valence-electron chi connectivity index (χ4n) is 4.48. The van der Waals surface area contributed by atoms with Crippen LogP contribution in [0.15, 0.2) is 0 Å². The van der Waals surface area contributed by atoms with Gasteiger partial charge in [-0.15, -0.1) is 0 Å². The summed E-state index contributed by atoms with van der Waals surface area (Å²) in [5.74, 6) is -1.36. The minimum absolute atomic E-state index is 0.225. The minimum Gasteiger partial charge on any atom is -0.481 e. The average Bonchev–Trinajstić information content (AvgIpc) is 3.37. The summed E-state index contributed by atoms with van der Waals surface area (Å²) in [4.78, 5) is 22.2. The van der Waals surface area contributed by atoms with Crippen LogP contribution >= 0.6 is 0 Å². The van der Waals surface area contributed by atoms with E-state index >= 15 is 0 Å². The molecule has 2 N–H and O–H groups in total. The summed E-state index contributed by atoms with van der Waals surface area (Å²) in [5.41, 5.74) is 0.225. The number of carbonyl (C=O) groups is 2. The van der Waals surface area contributed by atoms with E-state index in [9.17, 15) is 14.7 Å². The Morgan fingerprint density at radius 3 is 2.00 bits per heavy atom. The predicted octanol–water partition coefficient (Wildman–Crippen LogP) is 6.28. The van der Waals surface area contributed by atoms with Crippen LogP contribution in [0.4, 0.5) is 0 Å². The van der Waals surface area contributed by atoms with Crippen molar-refractivity contribution in [3.8, 4) is 0 Å². The molecule has 1 saturated carbocycles. The quantitative estimate of drug-likeness (QED) is 0.296. The molecule has 1 rings (SSSR count). The van der Waals surface area contributed by atoms with Crippen molar-refractivity contribution in [3.05, 3.63) is 0 Å². The van der Waals surface area contributed by atoms with Crippen LogP contribution in [0.1, 0.15) is 110 Å². The Morgan fingerprint density at radius 1 is 0.885 bits per heavy atom. The summed E-state index contributed by atoms with van der Waals surface area (Å²) in [6.07, 6.45) is 16.3. The summed E-state index contributed by atoms with van der Waals surface area (Å²) in [7, 11) is 0. The Bertz CT molecular complexity index is 414. The van der Waals surface area contributed by atoms with Gasteiger partial charge in [0.05, 0.1) is 5.92 Å². The molecule has 0 aromatic rings. The molecule has 0 heterocycles. The predicted molar refractivity (Wildman–Crippen MR) is 105 cm³/mol. The number of carboxylic acid groups (broad SMARTS) is 2. The summed E-state index contributed by atoms with van der Waals surface area (Å²) in [6, 6.07) is 0. The molecule has 0 aromatic carbocycles. The van der Waals surface area contributed by atoms with Crippen LogP contribution in [-0.2, 0) is 9.59 Å². The lowest BCUT2D eigenvalue weighted by atomic mass is 9.74. The maximum absolute atomic E-state index is 11.6. The van der Waals surface area contributed by atoms with E-state index in [1.807, 2.05) is 6.92 Å². The first-order valence-corrected chi connectivity index (χ1v) is 10.9. The normalized spacial score (nSPS) is 17.6. The molecule has 1 aliphatic carbocycles. The van der Waals surface area contributed by atoms with E-state index in [4.69, 9.17) is 5.11 Å². The van der Waals surface area contributed by atoms with Gasteiger partial charge in [-0.05, 0) is 43.4 Å². The van der Waals surface area contributed by atoms with Crippen molar-refractivity contribution in [2.75, 3.05) is 0 Å². The zero-order chi connectivity index (χ0) is 19.4. The molecule has 0 spiro atoms. The van der Waals surface area contributed by atoms with E-state index < -0.39 is 11.9 Å². The highest BCUT2D eigenvalue weighted by Gasteiger charge is 2.50. The number of rotatable bonds is 17. The first kappa shape index (κ1) is 23.0. The smallest absolute Gasteiger partial charge is 0.306 e. The van der Waals surface area contributed by atoms with Crippen molar-refractivity contribution < 1.29 is 19.8 Å². The number of hydrogen-bond acceptors (Lipinski definition) is 2. The van der Waals surface area contributed by atoms with Gasteiger partial charge in [0.2, 0.25) is 0 Å². The number of aliphatic carboxylic acids is 2. The van der Waals surface area contributed by atoms with Gasteiger partial charge in [-0.2, -0.15) is 0 Å². The summed E-state index contributed by atoms with van der Waals surface area (Å²) in [6.45, 7) is 4.12. The van der Waals surface area contributed by atoms with E-state index in [-0.39, 0.29) is 23.7 Å². The van der Waals surface area contributed by atoms with Crippen LogP contribution in [0.3, 0.4) is 0 Å². The molecule has 4 heteroatoms. The van der Waals surface area contributed by atoms with E-state index in [1.165, 1.54) is 38.5 Å². The highest BCUT2D eigenvalue weighted by atomic mass is 16.4. The molecule has 152 valence electrons. The maximum Gasteiger partial charge on any atom is 0.306 e. The standard InChI is InChI=1S/C22H40O4/c1-3-4-5-6-7-8-10-13-19(18(2)21(25)26)22(16-17-22)15-12-9-11-14-20(23)24/h18-19H,3-17H2,1-2H3,(H,23,24)(H,25,26). The Labute approximate surface area is 159 Å². The molecule has 0 aromatic heterocycles. The van der Waals surface area contributed by atoms with Gasteiger partial charge in [0.15, 0.2) is 0 Å². The van der Waals surface area contributed by atoms with Crippen LogP contribution in [0.25, 0.3) is 0 Å². The lowest BCUT2D eigenvalue weighted by Gasteiger charge is -2.30. The van der Waals surface area contributed by atoms with Crippen LogP contribution < -0.4 is 0 Å². The Kier molecular flexibility index (Phi) is 10.9. The molecule has 0 amide bonds. The summed E-state index contributed by atoms with van der Waals surface area (Å²) >= 11 is 0. The highest BCUT2D eigenvalue weighted by molar-refractivity contribution is 5.70. The molecule has 1 fully saturated rings. The average molecular weight is 369 g/mol. The third kappa shape index (κ3) is 8.55. The number of unbranched alkanes of at least 4 members (excludes halogenated alkanes) is 8. The highest BCUT2D eigenvalue weighted by Crippen LogP contribution is 2.59. The van der Waals surface area contributed by atoms with Gasteiger partial charge < -0.3 is 10.2 Å². The van der Waals surface area contributed by atoms with Crippen molar-refractivity contribution in [1.82, 2.24) is 0 Å². The summed E-state index contributed by atoms with van der Waals surface area (Å²) in [5, 5.41) is 18.3. The Morgan fingerprint density at radius 2 is 1.46 bits per heavy atom. The molecule has 0 bridgehead atoms. The second-order valence-electron chi connectivity index (χ2n) is 8.46. The van der Waals surface area contributed by atoms with Crippen LogP contribution in [0.2, 0.25) is 0 Å². The first-order chi connectivity index (χ1) is 12.4. The van der Waals surface area contributed by atoms with Gasteiger partial charge >= 0.3 is 11.9 Å². The van der Waals surface area contributed by atoms with Gasteiger partial charge in [-0.1, -0.05) is 71.6 Å². The van der Waals surface area contributed by atoms with E-state index in [2.05, 4.69) is 6.92 Å². The molecule has 4 nitrogen and oxygen atoms in total. The van der Waals surface area contributed by atoms with Gasteiger partial charge in [-0.25, -0.2) is 0 Å². The lowest BCUT2D eigenvalue weighted by molar-refractivity contribution is -0.144. The van der Waals surface area contributed by atoms with E-state index in [0.717, 1.165) is 51.4 Å². The van der Waals surface area contributed by atoms with Gasteiger partial charge in [0.1, 0.15) is 0 Å². The Hall–Kier alpha value is -1.06. The second-order valence-corrected chi connectivity index (χ2v) is 8.46. The van der Waals surface area contributed by atoms with Crippen molar-refractivity contribution in [2.24, 2.45) is 17.3 Å². The Balaban J connectivity index is 2.39. The second kappa shape index (κ2) is 12.3. The SMILES string of the molecule is CCCCCCCCCC(C(C)C(=O)O)C1(CCCCCC(=O)O)CC1. The fraction of sp³-hybridized carbons (Fsp3) is 0.909. The molecular weight excluding hydrogens is 328 g/mol. The molecule has 0 aliphatic heterocycles. The van der Waals surface area contributed by atoms with Crippen LogP contribution in [0, 0.1) is 17.3 Å². The molecule has 26 heavy (non-hydrogen) atoms. The molecule has 2 unspecified atom stereocenters. The third-order valence-electron chi connectivity index (χ3n) is 6.36. The third-order valence-corrected chi connectivity index (χ3v) is 6.36. The number of carboxylic acids is 2. The topological polar surface area (TPSA) is 74.6 Å². The largest absolute Gasteiger partial charge is 0.481 e. The van der Waals surface area contributed by atoms with E-state index in [1.54, 1.807) is 0 Å². The summed E-state index contributed by atoms with van der Waals surface area (Å²) < 4.78 is 0. The molecule has 1 aliphatic rings. The first-order valence-electron chi connectivity index (χ1n) is 10.9. The van der Waals surface area contributed by atoms with Crippen molar-refractivity contribution in [1.29, 1.82) is 0 Å².